The molecule has 0 unspecified atom stereocenters. The van der Waals surface area contributed by atoms with Crippen molar-refractivity contribution in [3.8, 4) is 44.0 Å². The average molecular weight is 935 g/mol. The fourth-order valence-corrected chi connectivity index (χ4v) is 10.9. The van der Waals surface area contributed by atoms with Crippen molar-refractivity contribution in [2.75, 3.05) is 0 Å². The van der Waals surface area contributed by atoms with Crippen LogP contribution < -0.4 is 9.47 Å². The van der Waals surface area contributed by atoms with Gasteiger partial charge in [-0.25, -0.2) is 18.1 Å². The average Bonchev–Trinajstić information content (AvgIpc) is 3.93. The van der Waals surface area contributed by atoms with Crippen molar-refractivity contribution in [1.29, 1.82) is 0 Å². The maximum atomic E-state index is 16.0. The molecule has 6 heterocycles. The highest BCUT2D eigenvalue weighted by Crippen LogP contribution is 2.50. The third-order valence-corrected chi connectivity index (χ3v) is 14.7. The van der Waals surface area contributed by atoms with Gasteiger partial charge in [0.15, 0.2) is 8.42 Å². The molecule has 0 saturated heterocycles. The molecule has 57 heavy (non-hydrogen) atoms. The van der Waals surface area contributed by atoms with Crippen molar-refractivity contribution in [3.05, 3.63) is 103 Å². The molecule has 0 amide bonds. The van der Waals surface area contributed by atoms with Crippen LogP contribution in [0.25, 0.3) is 44.2 Å². The predicted octanol–water partition coefficient (Wildman–Crippen LogP) is 10.9. The number of hydrogen-bond donors (Lipinski definition) is 2. The molecule has 2 aliphatic rings. The molecule has 0 fully saturated rings. The van der Waals surface area contributed by atoms with Crippen LogP contribution >= 0.6 is 69.1 Å². The molecule has 0 aliphatic carbocycles. The summed E-state index contributed by atoms with van der Waals surface area (Å²) in [5.41, 5.74) is 1.72. The number of ether oxygens (including phenoxy) is 2. The lowest BCUT2D eigenvalue weighted by Gasteiger charge is -2.16. The number of nitrogens with zero attached hydrogens (tertiary/aromatic N) is 4. The lowest BCUT2D eigenvalue weighted by Crippen LogP contribution is -2.06. The number of benzene rings is 2. The Morgan fingerprint density at radius 3 is 1.47 bits per heavy atom. The Balaban J connectivity index is 1.08. The van der Waals surface area contributed by atoms with Crippen molar-refractivity contribution in [3.63, 3.8) is 0 Å². The largest absolute Gasteiger partial charge is 0.487 e. The van der Waals surface area contributed by atoms with Crippen LogP contribution in [0.5, 0.6) is 11.5 Å². The van der Waals surface area contributed by atoms with E-state index in [1.54, 1.807) is 24.3 Å². The molecule has 2 aromatic carbocycles. The van der Waals surface area contributed by atoms with E-state index in [1.807, 2.05) is 0 Å². The van der Waals surface area contributed by atoms with E-state index in [4.69, 9.17) is 55.9 Å². The number of unbranched alkanes of at least 4 members (excludes halogenated alkanes) is 2. The van der Waals surface area contributed by atoms with Gasteiger partial charge in [-0.1, -0.05) is 46.4 Å². The highest BCUT2D eigenvalue weighted by Gasteiger charge is 2.35. The molecule has 0 atom stereocenters. The lowest BCUT2D eigenvalue weighted by molar-refractivity contribution is 0.302. The second-order valence-electron chi connectivity index (χ2n) is 12.4. The predicted molar refractivity (Wildman–Crippen MR) is 214 cm³/mol. The van der Waals surface area contributed by atoms with Crippen LogP contribution in [0.4, 0.5) is 8.78 Å². The van der Waals surface area contributed by atoms with Crippen LogP contribution in [0.3, 0.4) is 0 Å². The lowest BCUT2D eigenvalue weighted by atomic mass is 10.1. The zero-order chi connectivity index (χ0) is 40.6. The summed E-state index contributed by atoms with van der Waals surface area (Å²) >= 11 is 26.7. The Hall–Kier alpha value is -3.82. The SMILES string of the molecule is O=S(=O)(O)c1cc2c(s1)-c1c(c(/C(F)=C/CCC/C=C(\F)c3nn(-c4ccc(Cl)cc4Cl)c4c3COc3cc(S(=O)(=O)O)sc3-4)nn1-c1ccc(Cl)cc1Cl)CO2. The third kappa shape index (κ3) is 7.52. The molecule has 2 aliphatic heterocycles. The molecule has 0 spiro atoms. The Morgan fingerprint density at radius 2 is 1.11 bits per heavy atom. The molecule has 0 saturated carbocycles. The Morgan fingerprint density at radius 1 is 0.702 bits per heavy atom. The molecule has 0 bridgehead atoms. The Labute approximate surface area is 350 Å². The van der Waals surface area contributed by atoms with Gasteiger partial charge in [-0.15, -0.1) is 22.7 Å². The molecule has 296 valence electrons. The number of allylic oxidation sites excluding steroid dienone is 2. The van der Waals surface area contributed by atoms with Crippen molar-refractivity contribution in [2.24, 2.45) is 0 Å². The monoisotopic (exact) mass is 932 g/mol. The molecule has 8 rings (SSSR count). The third-order valence-electron chi connectivity index (χ3n) is 8.78. The first-order valence-electron chi connectivity index (χ1n) is 16.3. The molecule has 22 heteroatoms. The summed E-state index contributed by atoms with van der Waals surface area (Å²) < 4.78 is 113. The van der Waals surface area contributed by atoms with Crippen LogP contribution in [-0.2, 0) is 33.5 Å². The van der Waals surface area contributed by atoms with E-state index in [0.29, 0.717) is 43.9 Å². The minimum atomic E-state index is -4.58. The van der Waals surface area contributed by atoms with Crippen LogP contribution in [0, 0.1) is 0 Å². The first-order chi connectivity index (χ1) is 27.0. The van der Waals surface area contributed by atoms with Gasteiger partial charge >= 0.3 is 20.2 Å². The van der Waals surface area contributed by atoms with Crippen LogP contribution in [0.15, 0.2) is 69.1 Å². The number of fused-ring (bicyclic) bond motifs is 6. The number of hydrogen-bond acceptors (Lipinski definition) is 10. The highest BCUT2D eigenvalue weighted by atomic mass is 35.5. The van der Waals surface area contributed by atoms with Gasteiger partial charge in [-0.05, 0) is 67.8 Å². The topological polar surface area (TPSA) is 163 Å². The van der Waals surface area contributed by atoms with Gasteiger partial charge in [0.05, 0.1) is 42.6 Å². The Bertz CT molecular complexity index is 2740. The van der Waals surface area contributed by atoms with E-state index in [-0.39, 0.29) is 83.6 Å². The van der Waals surface area contributed by atoms with Crippen molar-refractivity contribution in [1.82, 2.24) is 19.6 Å². The minimum Gasteiger partial charge on any atom is -0.487 e. The second kappa shape index (κ2) is 15.1. The summed E-state index contributed by atoms with van der Waals surface area (Å²) in [4.78, 5) is 0.564. The summed E-state index contributed by atoms with van der Waals surface area (Å²) in [5.74, 6) is -1.13. The van der Waals surface area contributed by atoms with Crippen molar-refractivity contribution >= 4 is 101 Å². The number of thiophene rings is 2. The zero-order valence-corrected chi connectivity index (χ0v) is 34.6. The molecule has 2 N–H and O–H groups in total. The molecular weight excluding hydrogens is 912 g/mol. The van der Waals surface area contributed by atoms with Gasteiger partial charge < -0.3 is 9.47 Å². The normalized spacial score (nSPS) is 14.1. The van der Waals surface area contributed by atoms with E-state index in [2.05, 4.69) is 10.2 Å². The number of halogens is 6. The van der Waals surface area contributed by atoms with Gasteiger partial charge in [-0.2, -0.15) is 27.0 Å². The minimum absolute atomic E-state index is 0.0895. The van der Waals surface area contributed by atoms with E-state index < -0.39 is 31.9 Å². The van der Waals surface area contributed by atoms with Crippen molar-refractivity contribution in [2.45, 2.75) is 40.9 Å². The van der Waals surface area contributed by atoms with Gasteiger partial charge in [0.25, 0.3) is 0 Å². The summed E-state index contributed by atoms with van der Waals surface area (Å²) in [5, 5.41) is 10.1. The summed E-state index contributed by atoms with van der Waals surface area (Å²) in [6.07, 6.45) is 3.14. The fraction of sp³-hybridized carbons (Fsp3) is 0.143. The molecular formula is C35H22Cl4F2N4O8S4. The van der Waals surface area contributed by atoms with E-state index >= 15 is 8.78 Å². The molecule has 0 radical (unpaired) electrons. The zero-order valence-electron chi connectivity index (χ0n) is 28.3. The van der Waals surface area contributed by atoms with Crippen LogP contribution in [0.2, 0.25) is 20.1 Å². The molecule has 4 aromatic heterocycles. The van der Waals surface area contributed by atoms with E-state index in [0.717, 1.165) is 22.7 Å². The van der Waals surface area contributed by atoms with Gasteiger partial charge in [-0.3, -0.25) is 9.11 Å². The van der Waals surface area contributed by atoms with Gasteiger partial charge in [0.2, 0.25) is 0 Å². The fourth-order valence-electron chi connectivity index (χ4n) is 6.25. The summed E-state index contributed by atoms with van der Waals surface area (Å²) in [7, 11) is -9.16. The maximum Gasteiger partial charge on any atom is 0.304 e. The number of aromatic nitrogens is 4. The number of rotatable bonds is 10. The van der Waals surface area contributed by atoms with E-state index in [9.17, 15) is 25.9 Å². The van der Waals surface area contributed by atoms with Crippen LogP contribution in [-0.4, -0.2) is 45.5 Å². The van der Waals surface area contributed by atoms with Gasteiger partial charge in [0, 0.05) is 33.3 Å². The summed E-state index contributed by atoms with van der Waals surface area (Å²) in [6, 6.07) is 11.6. The standard InChI is InChI=1S/C35H22Cl4F2N4O8S4/c36-16-6-8-24(20(38)10-16)44-32-18(14-52-26-12-28(54-34(26)32)56(46,47)48)30(42-44)22(40)4-2-1-3-5-23(41)31-19-15-53-27-13-29(57(49,50)51)55-35(27)33(19)45(43-31)25-9-7-17(37)11-21(25)39/h4-13H,1-3,14-15H2,(H,46,47,48)(H,49,50,51)/b22-4-,23-5-. The molecule has 12 nitrogen and oxygen atoms in total. The van der Waals surface area contributed by atoms with Gasteiger partial charge in [0.1, 0.15) is 47.8 Å². The first-order valence-corrected chi connectivity index (χ1v) is 22.4. The van der Waals surface area contributed by atoms with Crippen molar-refractivity contribution < 1.29 is 44.2 Å². The van der Waals surface area contributed by atoms with E-state index in [1.165, 1.54) is 45.8 Å². The Kier molecular flexibility index (Phi) is 10.6. The molecule has 6 aromatic rings. The van der Waals surface area contributed by atoms with Crippen LogP contribution in [0.1, 0.15) is 41.8 Å². The first kappa shape index (κ1) is 40.0. The summed E-state index contributed by atoms with van der Waals surface area (Å²) in [6.45, 7) is -0.350. The second-order valence-corrected chi connectivity index (χ2v) is 19.5. The maximum absolute atomic E-state index is 16.0. The smallest absolute Gasteiger partial charge is 0.304 e. The highest BCUT2D eigenvalue weighted by molar-refractivity contribution is 7.88. The quantitative estimate of drug-likeness (QED) is 0.0998.